The number of ether oxygens (including phenoxy) is 1. The quantitative estimate of drug-likeness (QED) is 0.579. The third-order valence-corrected chi connectivity index (χ3v) is 3.19. The summed E-state index contributed by atoms with van der Waals surface area (Å²) in [6.07, 6.45) is 6.56. The monoisotopic (exact) mass is 227 g/mol. The molecule has 1 aliphatic carbocycles. The Hall–Kier alpha value is -0.0800. The average Bonchev–Trinajstić information content (AvgIpc) is 3.04. The number of hydrogen-bond acceptors (Lipinski definition) is 2. The standard InChI is InChI=1S/C14H29NO/c1-12(2)5-6-13(3)15-9-4-10-16-11-14-7-8-14/h12-15H,4-11H2,1-3H3. The molecule has 96 valence electrons. The molecule has 0 saturated heterocycles. The minimum absolute atomic E-state index is 0.658. The molecule has 0 aromatic heterocycles. The molecule has 0 radical (unpaired) electrons. The van der Waals surface area contributed by atoms with E-state index < -0.39 is 0 Å². The first-order valence-corrected chi connectivity index (χ1v) is 6.99. The van der Waals surface area contributed by atoms with Gasteiger partial charge in [0.2, 0.25) is 0 Å². The Balaban J connectivity index is 1.78. The molecule has 1 aliphatic rings. The topological polar surface area (TPSA) is 21.3 Å². The van der Waals surface area contributed by atoms with E-state index in [9.17, 15) is 0 Å². The molecule has 1 saturated carbocycles. The highest BCUT2D eigenvalue weighted by Gasteiger charge is 2.20. The smallest absolute Gasteiger partial charge is 0.0494 e. The van der Waals surface area contributed by atoms with E-state index in [0.29, 0.717) is 6.04 Å². The van der Waals surface area contributed by atoms with Gasteiger partial charge in [0.1, 0.15) is 0 Å². The van der Waals surface area contributed by atoms with Gasteiger partial charge in [0.15, 0.2) is 0 Å². The van der Waals surface area contributed by atoms with Gasteiger partial charge in [-0.05, 0) is 57.4 Å². The van der Waals surface area contributed by atoms with Gasteiger partial charge in [0.05, 0.1) is 0 Å². The van der Waals surface area contributed by atoms with Gasteiger partial charge < -0.3 is 10.1 Å². The van der Waals surface area contributed by atoms with Crippen molar-refractivity contribution in [3.8, 4) is 0 Å². The molecule has 0 spiro atoms. The number of nitrogens with one attached hydrogen (secondary N) is 1. The van der Waals surface area contributed by atoms with Crippen LogP contribution in [-0.2, 0) is 4.74 Å². The van der Waals surface area contributed by atoms with E-state index in [0.717, 1.165) is 38.0 Å². The van der Waals surface area contributed by atoms with E-state index in [4.69, 9.17) is 4.74 Å². The Bertz CT molecular complexity index is 166. The molecule has 2 nitrogen and oxygen atoms in total. The summed E-state index contributed by atoms with van der Waals surface area (Å²) >= 11 is 0. The molecule has 0 aromatic carbocycles. The Morgan fingerprint density at radius 2 is 1.94 bits per heavy atom. The van der Waals surface area contributed by atoms with Crippen molar-refractivity contribution in [3.05, 3.63) is 0 Å². The Morgan fingerprint density at radius 1 is 1.19 bits per heavy atom. The first kappa shape index (κ1) is 14.0. The summed E-state index contributed by atoms with van der Waals surface area (Å²) in [5.74, 6) is 1.73. The summed E-state index contributed by atoms with van der Waals surface area (Å²) in [5, 5.41) is 3.56. The second kappa shape index (κ2) is 8.08. The fraction of sp³-hybridized carbons (Fsp3) is 1.00. The zero-order chi connectivity index (χ0) is 11.8. The average molecular weight is 227 g/mol. The van der Waals surface area contributed by atoms with Crippen molar-refractivity contribution in [3.63, 3.8) is 0 Å². The fourth-order valence-corrected chi connectivity index (χ4v) is 1.74. The van der Waals surface area contributed by atoms with Crippen LogP contribution in [0.15, 0.2) is 0 Å². The SMILES string of the molecule is CC(C)CCC(C)NCCCOCC1CC1. The molecule has 1 N–H and O–H groups in total. The van der Waals surface area contributed by atoms with Gasteiger partial charge in [-0.15, -0.1) is 0 Å². The van der Waals surface area contributed by atoms with Crippen LogP contribution >= 0.6 is 0 Å². The van der Waals surface area contributed by atoms with Gasteiger partial charge in [0, 0.05) is 19.3 Å². The van der Waals surface area contributed by atoms with E-state index in [1.165, 1.54) is 25.7 Å². The van der Waals surface area contributed by atoms with Crippen molar-refractivity contribution in [2.45, 2.75) is 58.9 Å². The van der Waals surface area contributed by atoms with E-state index in [-0.39, 0.29) is 0 Å². The molecule has 0 amide bonds. The van der Waals surface area contributed by atoms with Gasteiger partial charge >= 0.3 is 0 Å². The van der Waals surface area contributed by atoms with Crippen LogP contribution < -0.4 is 5.32 Å². The van der Waals surface area contributed by atoms with E-state index in [2.05, 4.69) is 26.1 Å². The summed E-state index contributed by atoms with van der Waals surface area (Å²) in [4.78, 5) is 0. The summed E-state index contributed by atoms with van der Waals surface area (Å²) in [5.41, 5.74) is 0. The maximum Gasteiger partial charge on any atom is 0.0494 e. The predicted molar refractivity (Wildman–Crippen MR) is 69.7 cm³/mol. The summed E-state index contributed by atoms with van der Waals surface area (Å²) in [6.45, 7) is 9.90. The normalized spacial score (nSPS) is 18.0. The third-order valence-electron chi connectivity index (χ3n) is 3.19. The molecule has 16 heavy (non-hydrogen) atoms. The zero-order valence-electron chi connectivity index (χ0n) is 11.3. The van der Waals surface area contributed by atoms with Crippen molar-refractivity contribution >= 4 is 0 Å². The van der Waals surface area contributed by atoms with Gasteiger partial charge in [-0.2, -0.15) is 0 Å². The van der Waals surface area contributed by atoms with Gasteiger partial charge in [-0.25, -0.2) is 0 Å². The lowest BCUT2D eigenvalue weighted by molar-refractivity contribution is 0.121. The van der Waals surface area contributed by atoms with Crippen molar-refractivity contribution in [2.75, 3.05) is 19.8 Å². The lowest BCUT2D eigenvalue weighted by Crippen LogP contribution is -2.28. The molecule has 1 rings (SSSR count). The maximum atomic E-state index is 5.60. The zero-order valence-corrected chi connectivity index (χ0v) is 11.3. The fourth-order valence-electron chi connectivity index (χ4n) is 1.74. The molecule has 1 unspecified atom stereocenters. The molecule has 0 heterocycles. The Labute approximate surface area is 101 Å². The van der Waals surface area contributed by atoms with Crippen LogP contribution in [0.1, 0.15) is 52.9 Å². The Kier molecular flexibility index (Phi) is 7.06. The lowest BCUT2D eigenvalue weighted by atomic mass is 10.0. The minimum atomic E-state index is 0.658. The Morgan fingerprint density at radius 3 is 2.56 bits per heavy atom. The first-order valence-electron chi connectivity index (χ1n) is 6.99. The third kappa shape index (κ3) is 8.12. The highest BCUT2D eigenvalue weighted by molar-refractivity contribution is 4.71. The van der Waals surface area contributed by atoms with E-state index >= 15 is 0 Å². The first-order chi connectivity index (χ1) is 7.68. The van der Waals surface area contributed by atoms with Crippen LogP contribution in [-0.4, -0.2) is 25.8 Å². The van der Waals surface area contributed by atoms with Crippen molar-refractivity contribution in [1.29, 1.82) is 0 Å². The maximum absolute atomic E-state index is 5.60. The van der Waals surface area contributed by atoms with Crippen LogP contribution in [0, 0.1) is 11.8 Å². The molecule has 2 heteroatoms. The van der Waals surface area contributed by atoms with E-state index in [1.807, 2.05) is 0 Å². The second-order valence-corrected chi connectivity index (χ2v) is 5.70. The van der Waals surface area contributed by atoms with Crippen LogP contribution in [0.4, 0.5) is 0 Å². The summed E-state index contributed by atoms with van der Waals surface area (Å²) in [7, 11) is 0. The van der Waals surface area contributed by atoms with E-state index in [1.54, 1.807) is 0 Å². The largest absolute Gasteiger partial charge is 0.381 e. The lowest BCUT2D eigenvalue weighted by Gasteiger charge is -2.14. The van der Waals surface area contributed by atoms with Crippen LogP contribution in [0.2, 0.25) is 0 Å². The number of rotatable bonds is 10. The van der Waals surface area contributed by atoms with Crippen LogP contribution in [0.5, 0.6) is 0 Å². The molecule has 0 aromatic rings. The molecular formula is C14H29NO. The van der Waals surface area contributed by atoms with Crippen molar-refractivity contribution < 1.29 is 4.74 Å². The number of hydrogen-bond donors (Lipinski definition) is 1. The molecule has 0 bridgehead atoms. The minimum Gasteiger partial charge on any atom is -0.381 e. The van der Waals surface area contributed by atoms with Gasteiger partial charge in [-0.1, -0.05) is 13.8 Å². The highest BCUT2D eigenvalue weighted by atomic mass is 16.5. The van der Waals surface area contributed by atoms with Crippen LogP contribution in [0.25, 0.3) is 0 Å². The van der Waals surface area contributed by atoms with Gasteiger partial charge in [0.25, 0.3) is 0 Å². The predicted octanol–water partition coefficient (Wildman–Crippen LogP) is 3.22. The second-order valence-electron chi connectivity index (χ2n) is 5.70. The van der Waals surface area contributed by atoms with Crippen molar-refractivity contribution in [2.24, 2.45) is 11.8 Å². The molecule has 1 fully saturated rings. The van der Waals surface area contributed by atoms with Crippen LogP contribution in [0.3, 0.4) is 0 Å². The molecule has 0 aliphatic heterocycles. The summed E-state index contributed by atoms with van der Waals surface area (Å²) < 4.78 is 5.60. The van der Waals surface area contributed by atoms with Gasteiger partial charge in [-0.3, -0.25) is 0 Å². The molecular weight excluding hydrogens is 198 g/mol. The summed E-state index contributed by atoms with van der Waals surface area (Å²) in [6, 6.07) is 0.658. The highest BCUT2D eigenvalue weighted by Crippen LogP contribution is 2.28. The van der Waals surface area contributed by atoms with Crippen molar-refractivity contribution in [1.82, 2.24) is 5.32 Å². The molecule has 1 atom stereocenters.